The highest BCUT2D eigenvalue weighted by atomic mass is 35.5. The molecule has 1 heterocycles. The van der Waals surface area contributed by atoms with E-state index in [1.807, 2.05) is 0 Å². The highest BCUT2D eigenvalue weighted by Crippen LogP contribution is 2.36. The van der Waals surface area contributed by atoms with Crippen molar-refractivity contribution in [2.24, 2.45) is 0 Å². The van der Waals surface area contributed by atoms with Crippen LogP contribution in [-0.4, -0.2) is 10.2 Å². The first-order valence-corrected chi connectivity index (χ1v) is 5.35. The average molecular weight is 291 g/mol. The predicted octanol–water partition coefficient (Wildman–Crippen LogP) is 3.23. The lowest BCUT2D eigenvalue weighted by molar-refractivity contribution is -0.138. The summed E-state index contributed by atoms with van der Waals surface area (Å²) in [7, 11) is 0. The monoisotopic (exact) mass is 290 g/mol. The molecule has 0 radical (unpaired) electrons. The van der Waals surface area contributed by atoms with Crippen LogP contribution in [-0.2, 0) is 6.18 Å². The van der Waals surface area contributed by atoms with Crippen LogP contribution in [0.4, 0.5) is 13.2 Å². The van der Waals surface area contributed by atoms with E-state index < -0.39 is 28.8 Å². The summed E-state index contributed by atoms with van der Waals surface area (Å²) >= 11 is 5.47. The van der Waals surface area contributed by atoms with Gasteiger partial charge in [-0.1, -0.05) is 23.7 Å². The molecule has 0 fully saturated rings. The molecule has 100 valence electrons. The van der Waals surface area contributed by atoms with Crippen LogP contribution in [0.5, 0.6) is 11.6 Å². The van der Waals surface area contributed by atoms with Crippen molar-refractivity contribution < 1.29 is 17.9 Å². The van der Waals surface area contributed by atoms with Gasteiger partial charge in [0.2, 0.25) is 5.43 Å². The van der Waals surface area contributed by atoms with Crippen molar-refractivity contribution in [1.82, 2.24) is 10.2 Å². The minimum atomic E-state index is -4.59. The molecule has 0 aliphatic carbocycles. The van der Waals surface area contributed by atoms with Gasteiger partial charge in [0, 0.05) is 6.07 Å². The van der Waals surface area contributed by atoms with E-state index in [1.165, 1.54) is 12.1 Å². The van der Waals surface area contributed by atoms with E-state index in [0.717, 1.165) is 18.2 Å². The van der Waals surface area contributed by atoms with E-state index in [1.54, 1.807) is 0 Å². The first kappa shape index (κ1) is 13.4. The second-order valence-corrected chi connectivity index (χ2v) is 3.89. The Kier molecular flexibility index (Phi) is 3.48. The molecule has 0 atom stereocenters. The van der Waals surface area contributed by atoms with Crippen molar-refractivity contribution in [2.45, 2.75) is 6.18 Å². The zero-order chi connectivity index (χ0) is 14.0. The Balaban J connectivity index is 2.42. The van der Waals surface area contributed by atoms with Crippen LogP contribution in [0.3, 0.4) is 0 Å². The van der Waals surface area contributed by atoms with E-state index in [0.29, 0.717) is 0 Å². The molecule has 8 heteroatoms. The third kappa shape index (κ3) is 3.05. The number of aromatic nitrogens is 2. The zero-order valence-electron chi connectivity index (χ0n) is 9.16. The van der Waals surface area contributed by atoms with Gasteiger partial charge in [-0.05, 0) is 12.1 Å². The Hall–Kier alpha value is -2.02. The van der Waals surface area contributed by atoms with Gasteiger partial charge in [-0.15, -0.1) is 5.10 Å². The number of aromatic amines is 1. The van der Waals surface area contributed by atoms with Crippen LogP contribution in [0, 0.1) is 0 Å². The molecule has 0 unspecified atom stereocenters. The predicted molar refractivity (Wildman–Crippen MR) is 61.4 cm³/mol. The third-order valence-electron chi connectivity index (χ3n) is 2.13. The van der Waals surface area contributed by atoms with Crippen molar-refractivity contribution in [3.05, 3.63) is 51.3 Å². The molecule has 1 aromatic carbocycles. The number of nitrogens with zero attached hydrogens (tertiary/aromatic N) is 1. The van der Waals surface area contributed by atoms with Crippen LogP contribution in [0.15, 0.2) is 35.1 Å². The number of alkyl halides is 3. The van der Waals surface area contributed by atoms with Gasteiger partial charge in [0.25, 0.3) is 5.88 Å². The fourth-order valence-corrected chi connectivity index (χ4v) is 1.48. The molecule has 1 aromatic heterocycles. The van der Waals surface area contributed by atoms with Gasteiger partial charge in [-0.3, -0.25) is 9.89 Å². The van der Waals surface area contributed by atoms with Crippen molar-refractivity contribution in [2.75, 3.05) is 0 Å². The van der Waals surface area contributed by atoms with Crippen LogP contribution in [0.25, 0.3) is 0 Å². The van der Waals surface area contributed by atoms with Crippen LogP contribution < -0.4 is 10.2 Å². The number of rotatable bonds is 2. The van der Waals surface area contributed by atoms with Gasteiger partial charge in [0.1, 0.15) is 10.9 Å². The summed E-state index contributed by atoms with van der Waals surface area (Å²) in [5, 5.41) is 5.63. The molecule has 0 spiro atoms. The largest absolute Gasteiger partial charge is 0.434 e. The van der Waals surface area contributed by atoms with Gasteiger partial charge >= 0.3 is 6.18 Å². The molecule has 0 aliphatic rings. The van der Waals surface area contributed by atoms with Crippen molar-refractivity contribution >= 4 is 11.6 Å². The fourth-order valence-electron chi connectivity index (χ4n) is 1.34. The van der Waals surface area contributed by atoms with Gasteiger partial charge in [0.15, 0.2) is 0 Å². The minimum absolute atomic E-state index is 0.0403. The van der Waals surface area contributed by atoms with Crippen LogP contribution in [0.2, 0.25) is 5.15 Å². The SMILES string of the molecule is O=c1cc(Cl)[nH]nc1Oc1ccccc1C(F)(F)F. The Morgan fingerprint density at radius 1 is 1.26 bits per heavy atom. The molecular weight excluding hydrogens is 285 g/mol. The molecular formula is C11H6ClF3N2O2. The maximum Gasteiger partial charge on any atom is 0.419 e. The zero-order valence-corrected chi connectivity index (χ0v) is 9.92. The number of nitrogens with one attached hydrogen (secondary N) is 1. The lowest BCUT2D eigenvalue weighted by Gasteiger charge is -2.12. The normalized spacial score (nSPS) is 11.4. The summed E-state index contributed by atoms with van der Waals surface area (Å²) in [4.78, 5) is 11.4. The van der Waals surface area contributed by atoms with Gasteiger partial charge < -0.3 is 4.74 Å². The number of halogens is 4. The lowest BCUT2D eigenvalue weighted by atomic mass is 10.2. The minimum Gasteiger partial charge on any atom is -0.434 e. The molecule has 0 amide bonds. The number of hydrogen-bond donors (Lipinski definition) is 1. The molecule has 0 aliphatic heterocycles. The number of H-pyrrole nitrogens is 1. The van der Waals surface area contributed by atoms with E-state index in [4.69, 9.17) is 16.3 Å². The highest BCUT2D eigenvalue weighted by molar-refractivity contribution is 6.29. The van der Waals surface area contributed by atoms with Crippen LogP contribution in [0.1, 0.15) is 5.56 Å². The first-order valence-electron chi connectivity index (χ1n) is 4.97. The van der Waals surface area contributed by atoms with E-state index in [-0.39, 0.29) is 5.15 Å². The van der Waals surface area contributed by atoms with Crippen LogP contribution >= 0.6 is 11.6 Å². The molecule has 19 heavy (non-hydrogen) atoms. The summed E-state index contributed by atoms with van der Waals surface area (Å²) in [6.07, 6.45) is -4.59. The summed E-state index contributed by atoms with van der Waals surface area (Å²) in [6.45, 7) is 0. The standard InChI is InChI=1S/C11H6ClF3N2O2/c12-9-5-7(18)10(17-16-9)19-8-4-2-1-3-6(8)11(13,14)15/h1-5H,(H,16,18). The van der Waals surface area contributed by atoms with Crippen molar-refractivity contribution in [3.63, 3.8) is 0 Å². The topological polar surface area (TPSA) is 55.0 Å². The second-order valence-electron chi connectivity index (χ2n) is 3.48. The quantitative estimate of drug-likeness (QED) is 0.924. The maximum absolute atomic E-state index is 12.7. The summed E-state index contributed by atoms with van der Waals surface area (Å²) in [6, 6.07) is 5.47. The molecule has 2 aromatic rings. The molecule has 0 saturated heterocycles. The molecule has 2 rings (SSSR count). The summed E-state index contributed by atoms with van der Waals surface area (Å²) in [5.74, 6) is -1.02. The highest BCUT2D eigenvalue weighted by Gasteiger charge is 2.34. The van der Waals surface area contributed by atoms with Crippen molar-refractivity contribution in [3.8, 4) is 11.6 Å². The maximum atomic E-state index is 12.7. The average Bonchev–Trinajstić information content (AvgIpc) is 2.32. The third-order valence-corrected chi connectivity index (χ3v) is 2.33. The summed E-state index contributed by atoms with van der Waals surface area (Å²) in [5.41, 5.74) is -1.72. The van der Waals surface area contributed by atoms with E-state index in [9.17, 15) is 18.0 Å². The number of ether oxygens (including phenoxy) is 1. The fraction of sp³-hybridized carbons (Fsp3) is 0.0909. The molecule has 4 nitrogen and oxygen atoms in total. The molecule has 0 bridgehead atoms. The van der Waals surface area contributed by atoms with Crippen molar-refractivity contribution in [1.29, 1.82) is 0 Å². The summed E-state index contributed by atoms with van der Waals surface area (Å²) < 4.78 is 43.0. The Labute approximate surface area is 109 Å². The Bertz CT molecular complexity index is 655. The lowest BCUT2D eigenvalue weighted by Crippen LogP contribution is -2.11. The first-order chi connectivity index (χ1) is 8.88. The number of hydrogen-bond acceptors (Lipinski definition) is 3. The second kappa shape index (κ2) is 4.93. The Morgan fingerprint density at radius 3 is 2.58 bits per heavy atom. The number of para-hydroxylation sites is 1. The molecule has 0 saturated carbocycles. The molecule has 1 N–H and O–H groups in total. The smallest absolute Gasteiger partial charge is 0.419 e. The van der Waals surface area contributed by atoms with E-state index >= 15 is 0 Å². The Morgan fingerprint density at radius 2 is 1.95 bits per heavy atom. The van der Waals surface area contributed by atoms with E-state index in [2.05, 4.69) is 10.2 Å². The number of benzene rings is 1. The van der Waals surface area contributed by atoms with Gasteiger partial charge in [-0.25, -0.2) is 0 Å². The van der Waals surface area contributed by atoms with Gasteiger partial charge in [-0.2, -0.15) is 13.2 Å². The van der Waals surface area contributed by atoms with Gasteiger partial charge in [0.05, 0.1) is 5.56 Å².